The summed E-state index contributed by atoms with van der Waals surface area (Å²) in [6, 6.07) is 9.63. The first kappa shape index (κ1) is 13.7. The van der Waals surface area contributed by atoms with Crippen LogP contribution in [0, 0.1) is 0 Å². The van der Waals surface area contributed by atoms with E-state index < -0.39 is 0 Å². The van der Waals surface area contributed by atoms with Gasteiger partial charge in [0.25, 0.3) is 0 Å². The van der Waals surface area contributed by atoms with E-state index in [4.69, 9.17) is 9.47 Å². The van der Waals surface area contributed by atoms with Crippen LogP contribution in [0.3, 0.4) is 0 Å². The molecule has 0 spiro atoms. The van der Waals surface area contributed by atoms with Gasteiger partial charge in [-0.25, -0.2) is 0 Å². The van der Waals surface area contributed by atoms with Gasteiger partial charge in [0.15, 0.2) is 0 Å². The topological polar surface area (TPSA) is 35.5 Å². The highest BCUT2D eigenvalue weighted by molar-refractivity contribution is 5.72. The molecule has 0 atom stereocenters. The fourth-order valence-corrected chi connectivity index (χ4v) is 1.45. The Hall–Kier alpha value is -1.35. The second kappa shape index (κ2) is 8.76. The van der Waals surface area contributed by atoms with Crippen molar-refractivity contribution in [3.8, 4) is 0 Å². The Bertz CT molecular complexity index is 309. The zero-order chi connectivity index (χ0) is 12.3. The Kier molecular flexibility index (Phi) is 7.07. The summed E-state index contributed by atoms with van der Waals surface area (Å²) in [5, 5.41) is 0. The van der Waals surface area contributed by atoms with E-state index in [-0.39, 0.29) is 5.97 Å². The SMILES string of the molecule is CCOCCCCOC(=O)Cc1ccccc1. The van der Waals surface area contributed by atoms with E-state index in [0.717, 1.165) is 31.6 Å². The third-order valence-corrected chi connectivity index (χ3v) is 2.34. The van der Waals surface area contributed by atoms with Crippen molar-refractivity contribution in [2.45, 2.75) is 26.2 Å². The molecule has 0 fully saturated rings. The van der Waals surface area contributed by atoms with Gasteiger partial charge in [-0.05, 0) is 25.3 Å². The number of carbonyl (C=O) groups excluding carboxylic acids is 1. The average Bonchev–Trinajstić information content (AvgIpc) is 2.35. The lowest BCUT2D eigenvalue weighted by Crippen LogP contribution is -2.09. The number of unbranched alkanes of at least 4 members (excludes halogenated alkanes) is 1. The van der Waals surface area contributed by atoms with E-state index in [9.17, 15) is 4.79 Å². The van der Waals surface area contributed by atoms with Crippen molar-refractivity contribution in [2.24, 2.45) is 0 Å². The first-order valence-corrected chi connectivity index (χ1v) is 6.10. The minimum absolute atomic E-state index is 0.160. The van der Waals surface area contributed by atoms with Crippen molar-refractivity contribution >= 4 is 5.97 Å². The molecule has 1 rings (SSSR count). The molecule has 0 saturated carbocycles. The van der Waals surface area contributed by atoms with Crippen molar-refractivity contribution in [3.63, 3.8) is 0 Å². The van der Waals surface area contributed by atoms with Crippen LogP contribution in [0.15, 0.2) is 30.3 Å². The van der Waals surface area contributed by atoms with E-state index >= 15 is 0 Å². The van der Waals surface area contributed by atoms with Crippen molar-refractivity contribution in [1.29, 1.82) is 0 Å². The molecule has 0 amide bonds. The summed E-state index contributed by atoms with van der Waals surface area (Å²) in [4.78, 5) is 11.4. The molecule has 0 unspecified atom stereocenters. The van der Waals surface area contributed by atoms with Gasteiger partial charge in [-0.2, -0.15) is 0 Å². The number of hydrogen-bond donors (Lipinski definition) is 0. The Labute approximate surface area is 103 Å². The van der Waals surface area contributed by atoms with E-state index in [1.807, 2.05) is 37.3 Å². The predicted octanol–water partition coefficient (Wildman–Crippen LogP) is 2.59. The zero-order valence-electron chi connectivity index (χ0n) is 10.4. The third-order valence-electron chi connectivity index (χ3n) is 2.34. The van der Waals surface area contributed by atoms with Crippen molar-refractivity contribution in [3.05, 3.63) is 35.9 Å². The van der Waals surface area contributed by atoms with Crippen LogP contribution in [0.5, 0.6) is 0 Å². The molecule has 0 aliphatic carbocycles. The van der Waals surface area contributed by atoms with Crippen LogP contribution in [0.25, 0.3) is 0 Å². The van der Waals surface area contributed by atoms with Gasteiger partial charge in [-0.3, -0.25) is 4.79 Å². The highest BCUT2D eigenvalue weighted by atomic mass is 16.5. The van der Waals surface area contributed by atoms with Crippen LogP contribution in [-0.2, 0) is 20.7 Å². The van der Waals surface area contributed by atoms with Crippen LogP contribution < -0.4 is 0 Å². The van der Waals surface area contributed by atoms with Gasteiger partial charge < -0.3 is 9.47 Å². The van der Waals surface area contributed by atoms with E-state index in [0.29, 0.717) is 13.0 Å². The van der Waals surface area contributed by atoms with Gasteiger partial charge in [0.2, 0.25) is 0 Å². The van der Waals surface area contributed by atoms with Crippen LogP contribution >= 0.6 is 0 Å². The van der Waals surface area contributed by atoms with E-state index in [1.165, 1.54) is 0 Å². The first-order chi connectivity index (χ1) is 8.33. The fourth-order valence-electron chi connectivity index (χ4n) is 1.45. The van der Waals surface area contributed by atoms with Gasteiger partial charge in [0.1, 0.15) is 0 Å². The molecular weight excluding hydrogens is 216 g/mol. The van der Waals surface area contributed by atoms with Gasteiger partial charge >= 0.3 is 5.97 Å². The van der Waals surface area contributed by atoms with Crippen LogP contribution in [0.1, 0.15) is 25.3 Å². The highest BCUT2D eigenvalue weighted by Crippen LogP contribution is 2.01. The van der Waals surface area contributed by atoms with Crippen LogP contribution in [0.2, 0.25) is 0 Å². The molecule has 17 heavy (non-hydrogen) atoms. The largest absolute Gasteiger partial charge is 0.465 e. The molecule has 0 aliphatic heterocycles. The molecule has 0 radical (unpaired) electrons. The van der Waals surface area contributed by atoms with E-state index in [1.54, 1.807) is 0 Å². The molecule has 0 bridgehead atoms. The number of ether oxygens (including phenoxy) is 2. The van der Waals surface area contributed by atoms with Crippen LogP contribution in [0.4, 0.5) is 0 Å². The molecule has 1 aromatic rings. The predicted molar refractivity (Wildman–Crippen MR) is 66.8 cm³/mol. The maximum Gasteiger partial charge on any atom is 0.310 e. The number of carbonyl (C=O) groups is 1. The normalized spacial score (nSPS) is 10.2. The van der Waals surface area contributed by atoms with Crippen molar-refractivity contribution < 1.29 is 14.3 Å². The summed E-state index contributed by atoms with van der Waals surface area (Å²) in [5.74, 6) is -0.160. The first-order valence-electron chi connectivity index (χ1n) is 6.10. The summed E-state index contributed by atoms with van der Waals surface area (Å²) in [6.45, 7) is 3.94. The molecule has 0 N–H and O–H groups in total. The Morgan fingerprint density at radius 1 is 1.12 bits per heavy atom. The zero-order valence-corrected chi connectivity index (χ0v) is 10.4. The van der Waals surface area contributed by atoms with E-state index in [2.05, 4.69) is 0 Å². The molecule has 3 heteroatoms. The summed E-state index contributed by atoms with van der Waals surface area (Å²) in [6.07, 6.45) is 2.15. The fraction of sp³-hybridized carbons (Fsp3) is 0.500. The minimum atomic E-state index is -0.160. The molecule has 0 saturated heterocycles. The van der Waals surface area contributed by atoms with Gasteiger partial charge in [0, 0.05) is 13.2 Å². The van der Waals surface area contributed by atoms with Gasteiger partial charge in [0.05, 0.1) is 13.0 Å². The quantitative estimate of drug-likeness (QED) is 0.514. The average molecular weight is 236 g/mol. The summed E-state index contributed by atoms with van der Waals surface area (Å²) < 4.78 is 10.3. The second-order valence-electron chi connectivity index (χ2n) is 3.79. The molecule has 3 nitrogen and oxygen atoms in total. The third kappa shape index (κ3) is 6.74. The molecule has 94 valence electrons. The highest BCUT2D eigenvalue weighted by Gasteiger charge is 2.03. The molecular formula is C14H20O3. The lowest BCUT2D eigenvalue weighted by Gasteiger charge is -2.05. The monoisotopic (exact) mass is 236 g/mol. The number of benzene rings is 1. The maximum absolute atomic E-state index is 11.4. The molecule has 0 heterocycles. The summed E-state index contributed by atoms with van der Waals surface area (Å²) >= 11 is 0. The summed E-state index contributed by atoms with van der Waals surface area (Å²) in [7, 11) is 0. The standard InChI is InChI=1S/C14H20O3/c1-2-16-10-6-7-11-17-14(15)12-13-8-4-3-5-9-13/h3-5,8-9H,2,6-7,10-12H2,1H3. The smallest absolute Gasteiger partial charge is 0.310 e. The van der Waals surface area contributed by atoms with Gasteiger partial charge in [-0.15, -0.1) is 0 Å². The Morgan fingerprint density at radius 2 is 1.82 bits per heavy atom. The lowest BCUT2D eigenvalue weighted by molar-refractivity contribution is -0.143. The van der Waals surface area contributed by atoms with Crippen molar-refractivity contribution in [2.75, 3.05) is 19.8 Å². The van der Waals surface area contributed by atoms with Crippen LogP contribution in [-0.4, -0.2) is 25.8 Å². The number of hydrogen-bond acceptors (Lipinski definition) is 3. The Balaban J connectivity index is 2.06. The van der Waals surface area contributed by atoms with Crippen molar-refractivity contribution in [1.82, 2.24) is 0 Å². The number of esters is 1. The maximum atomic E-state index is 11.4. The van der Waals surface area contributed by atoms with Gasteiger partial charge in [-0.1, -0.05) is 30.3 Å². The molecule has 0 aliphatic rings. The Morgan fingerprint density at radius 3 is 2.53 bits per heavy atom. The lowest BCUT2D eigenvalue weighted by atomic mass is 10.2. The molecule has 1 aromatic carbocycles. The molecule has 0 aromatic heterocycles. The second-order valence-corrected chi connectivity index (χ2v) is 3.79. The summed E-state index contributed by atoms with van der Waals surface area (Å²) in [5.41, 5.74) is 0.992. The minimum Gasteiger partial charge on any atom is -0.465 e. The number of rotatable bonds is 8.